The van der Waals surface area contributed by atoms with Crippen LogP contribution in [0.3, 0.4) is 0 Å². The van der Waals surface area contributed by atoms with E-state index in [4.69, 9.17) is 42.3 Å². The third-order valence-electron chi connectivity index (χ3n) is 7.84. The summed E-state index contributed by atoms with van der Waals surface area (Å²) in [5.74, 6) is 5.90. The number of phenols is 1. The number of hydrogen-bond donors (Lipinski definition) is 1. The number of aromatic hydroxyl groups is 1. The van der Waals surface area contributed by atoms with Gasteiger partial charge in [0.2, 0.25) is 5.24 Å². The topological polar surface area (TPSA) is 178 Å². The van der Waals surface area contributed by atoms with Crippen molar-refractivity contribution in [3.8, 4) is 11.5 Å². The number of carbonyl (C=O) groups excluding carboxylic acids is 2. The lowest BCUT2D eigenvalue weighted by atomic mass is 10.1. The van der Waals surface area contributed by atoms with Crippen molar-refractivity contribution in [1.29, 1.82) is 0 Å². The number of halogens is 7. The zero-order chi connectivity index (χ0) is 44.9. The quantitative estimate of drug-likeness (QED) is 0.0297. The molecule has 1 N–H and O–H groups in total. The molecule has 0 unspecified atom stereocenters. The molecule has 0 saturated carbocycles. The summed E-state index contributed by atoms with van der Waals surface area (Å²) in [7, 11) is -11.4. The Balaban J connectivity index is 0.000000279. The lowest BCUT2D eigenvalue weighted by Crippen LogP contribution is -2.21. The number of esters is 1. The van der Waals surface area contributed by atoms with Crippen LogP contribution in [0.2, 0.25) is 0 Å². The van der Waals surface area contributed by atoms with Gasteiger partial charge in [0.25, 0.3) is 0 Å². The number of rotatable bonds is 5. The fourth-order valence-electron chi connectivity index (χ4n) is 5.03. The number of fused-ring (bicyclic) bond motifs is 2. The van der Waals surface area contributed by atoms with Crippen molar-refractivity contribution < 1.29 is 71.7 Å². The standard InChI is InChI=1S/C18H19O2S.C14H14OS.C4H5ClO.2CHF3O3S/c1-13(2)18(19)20-16-9-10-17(21-11-5-6-12-21)15-8-4-3-7-14(15)16;15-13-7-8-14(16-9-3-4-10-16)12-6-2-1-5-11(12)13;1-3(2)4(5)6;2*2-1(3,4)8(5,6)7/h3-4,7-10H,1,5-6,11-12H2,2H3;1-2,5-8H,3-4,9-10H2;1H2,2H3;2*(H,5,6,7)/q+1;;;;/p-1. The second kappa shape index (κ2) is 22.2. The highest BCUT2D eigenvalue weighted by atomic mass is 35.5. The first kappa shape index (κ1) is 51.4. The van der Waals surface area contributed by atoms with E-state index in [0.717, 1.165) is 10.8 Å². The number of phenolic OH excluding ortho intramolecular Hbond substituents is 1. The first-order valence-corrected chi connectivity index (χ1v) is 23.3. The molecule has 4 aromatic carbocycles. The van der Waals surface area contributed by atoms with Crippen molar-refractivity contribution in [2.45, 2.75) is 60.3 Å². The Morgan fingerprint density at radius 1 is 0.644 bits per heavy atom. The highest BCUT2D eigenvalue weighted by Gasteiger charge is 2.37. The summed E-state index contributed by atoms with van der Waals surface area (Å²) in [5, 5.41) is 13.9. The molecule has 4 aromatic rings. The van der Waals surface area contributed by atoms with E-state index >= 15 is 0 Å². The molecule has 2 aliphatic heterocycles. The van der Waals surface area contributed by atoms with Gasteiger partial charge in [0.1, 0.15) is 34.5 Å². The maximum atomic E-state index is 11.8. The normalized spacial score (nSPS) is 14.6. The van der Waals surface area contributed by atoms with Gasteiger partial charge in [0.05, 0.1) is 0 Å². The van der Waals surface area contributed by atoms with Crippen LogP contribution >= 0.6 is 11.6 Å². The molecule has 6 rings (SSSR count). The van der Waals surface area contributed by atoms with Crippen LogP contribution < -0.4 is 4.74 Å². The Morgan fingerprint density at radius 2 is 0.966 bits per heavy atom. The van der Waals surface area contributed by atoms with Gasteiger partial charge in [-0.3, -0.25) is 4.79 Å². The maximum Gasteiger partial charge on any atom is 0.485 e. The van der Waals surface area contributed by atoms with Crippen LogP contribution in [0.4, 0.5) is 26.3 Å². The SMILES string of the molecule is C=C(C)C(=O)Cl.C=C(C)C(=O)Oc1ccc([S+]2CCCC2)c2ccccc12.O=S(=O)([O-])C(F)(F)F.O=S(=O)([O-])C(F)(F)F.Oc1ccc([S+]2CCCC2)c2ccccc12. The van der Waals surface area contributed by atoms with E-state index in [1.54, 1.807) is 13.8 Å². The zero-order valence-corrected chi connectivity index (χ0v) is 35.4. The lowest BCUT2D eigenvalue weighted by Gasteiger charge is -2.10. The molecule has 2 aliphatic rings. The molecule has 0 aliphatic carbocycles. The molecule has 324 valence electrons. The third-order valence-corrected chi connectivity index (χ3v) is 14.4. The number of alkyl halides is 6. The number of carbonyl (C=O) groups is 2. The Hall–Kier alpha value is -3.79. The molecule has 2 fully saturated rings. The van der Waals surface area contributed by atoms with Crippen LogP contribution in [-0.4, -0.2) is 76.3 Å². The van der Waals surface area contributed by atoms with E-state index in [9.17, 15) is 41.0 Å². The number of allylic oxidation sites excluding steroid dienone is 1. The minimum absolute atomic E-state index is 0.347. The molecule has 0 amide bonds. The Labute approximate surface area is 348 Å². The van der Waals surface area contributed by atoms with E-state index in [0.29, 0.717) is 44.4 Å². The molecular weight excluding hydrogens is 894 g/mol. The van der Waals surface area contributed by atoms with Gasteiger partial charge in [0, 0.05) is 54.5 Å². The van der Waals surface area contributed by atoms with Gasteiger partial charge in [-0.15, -0.1) is 0 Å². The van der Waals surface area contributed by atoms with E-state index in [-0.39, 0.29) is 5.97 Å². The van der Waals surface area contributed by atoms with E-state index in [1.807, 2.05) is 36.4 Å². The maximum absolute atomic E-state index is 11.8. The van der Waals surface area contributed by atoms with E-state index in [2.05, 4.69) is 49.6 Å². The average molecular weight is 933 g/mol. The molecule has 2 saturated heterocycles. The van der Waals surface area contributed by atoms with Gasteiger partial charge in [-0.05, 0) is 87.5 Å². The minimum atomic E-state index is -6.09. The molecule has 21 heteroatoms. The summed E-state index contributed by atoms with van der Waals surface area (Å²) in [4.78, 5) is 24.5. The molecule has 0 atom stereocenters. The molecule has 59 heavy (non-hydrogen) atoms. The average Bonchev–Trinajstić information content (AvgIpc) is 3.87. The first-order chi connectivity index (χ1) is 27.2. The number of hydrogen-bond acceptors (Lipinski definition) is 10. The van der Waals surface area contributed by atoms with Gasteiger partial charge in [0.15, 0.2) is 30.0 Å². The van der Waals surface area contributed by atoms with Gasteiger partial charge < -0.3 is 18.9 Å². The summed E-state index contributed by atoms with van der Waals surface area (Å²) in [6.07, 6.45) is 5.37. The molecule has 10 nitrogen and oxygen atoms in total. The zero-order valence-electron chi connectivity index (χ0n) is 31.4. The predicted molar refractivity (Wildman–Crippen MR) is 216 cm³/mol. The molecule has 0 spiro atoms. The van der Waals surface area contributed by atoms with Gasteiger partial charge in [-0.25, -0.2) is 21.6 Å². The Morgan fingerprint density at radius 3 is 1.31 bits per heavy atom. The lowest BCUT2D eigenvalue weighted by molar-refractivity contribution is -0.130. The van der Waals surface area contributed by atoms with E-state index in [1.165, 1.54) is 69.3 Å². The van der Waals surface area contributed by atoms with Crippen LogP contribution in [0.5, 0.6) is 11.5 Å². The molecule has 0 aromatic heterocycles. The predicted octanol–water partition coefficient (Wildman–Crippen LogP) is 8.84. The summed E-state index contributed by atoms with van der Waals surface area (Å²) in [5.41, 5.74) is -10.5. The number of benzene rings is 4. The molecule has 0 radical (unpaired) electrons. The van der Waals surface area contributed by atoms with E-state index < -0.39 is 36.5 Å². The van der Waals surface area contributed by atoms with Crippen LogP contribution in [0.1, 0.15) is 39.5 Å². The molecule has 0 bridgehead atoms. The van der Waals surface area contributed by atoms with Crippen molar-refractivity contribution in [2.75, 3.05) is 23.0 Å². The van der Waals surface area contributed by atoms with Crippen LogP contribution in [0.25, 0.3) is 21.5 Å². The van der Waals surface area contributed by atoms with Crippen molar-refractivity contribution in [3.05, 3.63) is 97.1 Å². The monoisotopic (exact) mass is 932 g/mol. The third kappa shape index (κ3) is 16.0. The van der Waals surface area contributed by atoms with Crippen molar-refractivity contribution in [2.24, 2.45) is 0 Å². The molecular formula is C38H39ClF6O10S4. The summed E-state index contributed by atoms with van der Waals surface area (Å²) in [6, 6.07) is 24.4. The largest absolute Gasteiger partial charge is 0.741 e. The van der Waals surface area contributed by atoms with Crippen LogP contribution in [0.15, 0.2) is 107 Å². The highest BCUT2D eigenvalue weighted by Crippen LogP contribution is 2.36. The fraction of sp³-hybridized carbons (Fsp3) is 0.316. The van der Waals surface area contributed by atoms with Gasteiger partial charge in [-0.2, -0.15) is 26.3 Å². The smallest absolute Gasteiger partial charge is 0.485 e. The Bertz CT molecular complexity index is 2290. The van der Waals surface area contributed by atoms with Crippen molar-refractivity contribution in [3.63, 3.8) is 0 Å². The van der Waals surface area contributed by atoms with Crippen LogP contribution in [0, 0.1) is 0 Å². The van der Waals surface area contributed by atoms with Crippen molar-refractivity contribution >= 4 is 86.4 Å². The molecule has 2 heterocycles. The summed E-state index contributed by atoms with van der Waals surface area (Å²) in [6.45, 7) is 10.1. The summed E-state index contributed by atoms with van der Waals surface area (Å²) < 4.78 is 123. The van der Waals surface area contributed by atoms with Crippen LogP contribution in [-0.2, 0) is 51.6 Å². The first-order valence-electron chi connectivity index (χ1n) is 17.0. The second-order valence-corrected chi connectivity index (χ2v) is 20.0. The highest BCUT2D eigenvalue weighted by molar-refractivity contribution is 7.97. The summed E-state index contributed by atoms with van der Waals surface area (Å²) >= 11 is 4.87. The minimum Gasteiger partial charge on any atom is -0.741 e. The van der Waals surface area contributed by atoms with Crippen molar-refractivity contribution in [1.82, 2.24) is 0 Å². The van der Waals surface area contributed by atoms with Gasteiger partial charge in [-0.1, -0.05) is 49.6 Å². The number of ether oxygens (including phenoxy) is 1. The fourth-order valence-corrected chi connectivity index (χ4v) is 10.0. The van der Waals surface area contributed by atoms with Gasteiger partial charge >= 0.3 is 17.0 Å². The second-order valence-electron chi connectivity index (χ2n) is 12.5. The Kier molecular flexibility index (Phi) is 19.3.